The lowest BCUT2D eigenvalue weighted by Crippen LogP contribution is -2.36. The van der Waals surface area contributed by atoms with Gasteiger partial charge in [-0.15, -0.1) is 6.58 Å². The van der Waals surface area contributed by atoms with Crippen molar-refractivity contribution in [2.45, 2.75) is 30.7 Å². The zero-order valence-electron chi connectivity index (χ0n) is 12.7. The standard InChI is InChI=1S/C18H21NO2S/c1-3-7-17(14-16-8-5-4-6-9-16)19-22(20,21)18-12-10-15(2)11-13-18/h3-6,8-13,17,19H,1,7,14H2,2H3/t17-/m0/s1. The van der Waals surface area contributed by atoms with E-state index in [4.69, 9.17) is 0 Å². The third kappa shape index (κ3) is 4.55. The molecule has 0 radical (unpaired) electrons. The lowest BCUT2D eigenvalue weighted by Gasteiger charge is -2.17. The molecule has 0 fully saturated rings. The first-order chi connectivity index (χ1) is 10.5. The molecule has 1 atom stereocenters. The topological polar surface area (TPSA) is 46.2 Å². The predicted molar refractivity (Wildman–Crippen MR) is 90.2 cm³/mol. The maximum Gasteiger partial charge on any atom is 0.240 e. The van der Waals surface area contributed by atoms with Crippen LogP contribution in [0.15, 0.2) is 72.1 Å². The fraction of sp³-hybridized carbons (Fsp3) is 0.222. The normalized spacial score (nSPS) is 12.8. The van der Waals surface area contributed by atoms with Gasteiger partial charge in [-0.25, -0.2) is 13.1 Å². The van der Waals surface area contributed by atoms with Crippen LogP contribution >= 0.6 is 0 Å². The zero-order chi connectivity index (χ0) is 16.0. The van der Waals surface area contributed by atoms with Crippen LogP contribution in [0.25, 0.3) is 0 Å². The molecular formula is C18H21NO2S. The van der Waals surface area contributed by atoms with Gasteiger partial charge in [0.05, 0.1) is 4.90 Å². The van der Waals surface area contributed by atoms with Crippen molar-refractivity contribution in [2.75, 3.05) is 0 Å². The van der Waals surface area contributed by atoms with Gasteiger partial charge < -0.3 is 0 Å². The van der Waals surface area contributed by atoms with Gasteiger partial charge in [-0.05, 0) is 37.5 Å². The summed E-state index contributed by atoms with van der Waals surface area (Å²) in [6, 6.07) is 16.5. The van der Waals surface area contributed by atoms with Gasteiger partial charge in [0.15, 0.2) is 0 Å². The molecule has 0 heterocycles. The van der Waals surface area contributed by atoms with E-state index >= 15 is 0 Å². The Morgan fingerprint density at radius 2 is 1.73 bits per heavy atom. The minimum Gasteiger partial charge on any atom is -0.207 e. The molecule has 2 rings (SSSR count). The van der Waals surface area contributed by atoms with Gasteiger partial charge in [0.1, 0.15) is 0 Å². The van der Waals surface area contributed by atoms with E-state index in [2.05, 4.69) is 11.3 Å². The largest absolute Gasteiger partial charge is 0.240 e. The second-order valence-electron chi connectivity index (χ2n) is 5.35. The number of benzene rings is 2. The van der Waals surface area contributed by atoms with E-state index in [9.17, 15) is 8.42 Å². The molecule has 0 saturated heterocycles. The lowest BCUT2D eigenvalue weighted by atomic mass is 10.0. The van der Waals surface area contributed by atoms with E-state index in [1.807, 2.05) is 37.3 Å². The maximum absolute atomic E-state index is 12.5. The van der Waals surface area contributed by atoms with Crippen molar-refractivity contribution in [3.05, 3.63) is 78.4 Å². The summed E-state index contributed by atoms with van der Waals surface area (Å²) in [5, 5.41) is 0. The first kappa shape index (κ1) is 16.5. The van der Waals surface area contributed by atoms with Crippen molar-refractivity contribution in [1.29, 1.82) is 0 Å². The van der Waals surface area contributed by atoms with Gasteiger partial charge in [-0.3, -0.25) is 0 Å². The Labute approximate surface area is 132 Å². The van der Waals surface area contributed by atoms with Crippen LogP contribution in [0.5, 0.6) is 0 Å². The Morgan fingerprint density at radius 1 is 1.09 bits per heavy atom. The van der Waals surface area contributed by atoms with E-state index in [1.165, 1.54) is 0 Å². The Bertz CT molecular complexity index is 707. The molecule has 0 unspecified atom stereocenters. The lowest BCUT2D eigenvalue weighted by molar-refractivity contribution is 0.547. The second-order valence-corrected chi connectivity index (χ2v) is 7.06. The zero-order valence-corrected chi connectivity index (χ0v) is 13.5. The van der Waals surface area contributed by atoms with Crippen molar-refractivity contribution in [3.63, 3.8) is 0 Å². The van der Waals surface area contributed by atoms with E-state index in [1.54, 1.807) is 30.3 Å². The minimum absolute atomic E-state index is 0.203. The highest BCUT2D eigenvalue weighted by Gasteiger charge is 2.19. The summed E-state index contributed by atoms with van der Waals surface area (Å²) in [5.41, 5.74) is 2.13. The fourth-order valence-electron chi connectivity index (χ4n) is 2.28. The third-order valence-electron chi connectivity index (χ3n) is 3.43. The SMILES string of the molecule is C=CC[C@@H](Cc1ccccc1)NS(=O)(=O)c1ccc(C)cc1. The van der Waals surface area contributed by atoms with Gasteiger partial charge in [0.2, 0.25) is 10.0 Å². The van der Waals surface area contributed by atoms with Gasteiger partial charge in [0.25, 0.3) is 0 Å². The minimum atomic E-state index is -3.52. The average Bonchev–Trinajstić information content (AvgIpc) is 2.48. The molecule has 0 bridgehead atoms. The van der Waals surface area contributed by atoms with Gasteiger partial charge in [-0.1, -0.05) is 54.1 Å². The van der Waals surface area contributed by atoms with Crippen molar-refractivity contribution >= 4 is 10.0 Å². The van der Waals surface area contributed by atoms with Crippen molar-refractivity contribution in [2.24, 2.45) is 0 Å². The Hall–Kier alpha value is -1.91. The number of hydrogen-bond donors (Lipinski definition) is 1. The summed E-state index contributed by atoms with van der Waals surface area (Å²) >= 11 is 0. The van der Waals surface area contributed by atoms with E-state index in [0.717, 1.165) is 11.1 Å². The van der Waals surface area contributed by atoms with Crippen LogP contribution in [0.4, 0.5) is 0 Å². The van der Waals surface area contributed by atoms with Crippen LogP contribution in [0.3, 0.4) is 0 Å². The monoisotopic (exact) mass is 315 g/mol. The van der Waals surface area contributed by atoms with Gasteiger partial charge in [0, 0.05) is 6.04 Å². The first-order valence-corrected chi connectivity index (χ1v) is 8.73. The average molecular weight is 315 g/mol. The molecule has 0 amide bonds. The van der Waals surface area contributed by atoms with Gasteiger partial charge >= 0.3 is 0 Å². The van der Waals surface area contributed by atoms with E-state index in [-0.39, 0.29) is 6.04 Å². The molecule has 3 nitrogen and oxygen atoms in total. The molecule has 22 heavy (non-hydrogen) atoms. The predicted octanol–water partition coefficient (Wildman–Crippen LogP) is 3.46. The Morgan fingerprint density at radius 3 is 2.32 bits per heavy atom. The number of aryl methyl sites for hydroxylation is 1. The summed E-state index contributed by atoms with van der Waals surface area (Å²) < 4.78 is 27.7. The van der Waals surface area contributed by atoms with Crippen molar-refractivity contribution in [1.82, 2.24) is 4.72 Å². The summed E-state index contributed by atoms with van der Waals surface area (Å²) in [5.74, 6) is 0. The molecule has 4 heteroatoms. The molecule has 0 aromatic heterocycles. The quantitative estimate of drug-likeness (QED) is 0.795. The highest BCUT2D eigenvalue weighted by molar-refractivity contribution is 7.89. The summed E-state index contributed by atoms with van der Waals surface area (Å²) in [6.45, 7) is 5.65. The van der Waals surface area contributed by atoms with Crippen molar-refractivity contribution in [3.8, 4) is 0 Å². The highest BCUT2D eigenvalue weighted by Crippen LogP contribution is 2.13. The smallest absolute Gasteiger partial charge is 0.207 e. The molecule has 0 saturated carbocycles. The fourth-order valence-corrected chi connectivity index (χ4v) is 3.53. The molecule has 0 spiro atoms. The number of sulfonamides is 1. The van der Waals surface area contributed by atoms with E-state index < -0.39 is 10.0 Å². The summed E-state index contributed by atoms with van der Waals surface area (Å²) in [7, 11) is -3.52. The third-order valence-corrected chi connectivity index (χ3v) is 4.97. The molecule has 0 aliphatic rings. The van der Waals surface area contributed by atoms with Gasteiger partial charge in [-0.2, -0.15) is 0 Å². The maximum atomic E-state index is 12.5. The van der Waals surface area contributed by atoms with E-state index in [0.29, 0.717) is 17.7 Å². The highest BCUT2D eigenvalue weighted by atomic mass is 32.2. The molecule has 2 aromatic carbocycles. The molecule has 116 valence electrons. The molecular weight excluding hydrogens is 294 g/mol. The number of hydrogen-bond acceptors (Lipinski definition) is 2. The molecule has 1 N–H and O–H groups in total. The Kier molecular flexibility index (Phi) is 5.52. The number of rotatable bonds is 7. The van der Waals surface area contributed by atoms with Crippen LogP contribution in [0.2, 0.25) is 0 Å². The molecule has 0 aliphatic carbocycles. The number of nitrogens with one attached hydrogen (secondary N) is 1. The second kappa shape index (κ2) is 7.38. The van der Waals surface area contributed by atoms with Crippen LogP contribution in [0, 0.1) is 6.92 Å². The van der Waals surface area contributed by atoms with Crippen molar-refractivity contribution < 1.29 is 8.42 Å². The molecule has 0 aliphatic heterocycles. The summed E-state index contributed by atoms with van der Waals surface area (Å²) in [4.78, 5) is 0.292. The summed E-state index contributed by atoms with van der Waals surface area (Å²) in [6.07, 6.45) is 2.96. The van der Waals surface area contributed by atoms with Crippen LogP contribution in [-0.2, 0) is 16.4 Å². The van der Waals surface area contributed by atoms with Crippen LogP contribution in [0.1, 0.15) is 17.5 Å². The Balaban J connectivity index is 2.15. The van der Waals surface area contributed by atoms with Crippen LogP contribution < -0.4 is 4.72 Å². The van der Waals surface area contributed by atoms with Crippen LogP contribution in [-0.4, -0.2) is 14.5 Å². The first-order valence-electron chi connectivity index (χ1n) is 7.25. The molecule has 2 aromatic rings.